The minimum atomic E-state index is -0.183. The van der Waals surface area contributed by atoms with Crippen LogP contribution in [0.15, 0.2) is 65.2 Å². The number of hydrogen-bond acceptors (Lipinski definition) is 4. The van der Waals surface area contributed by atoms with E-state index in [1.807, 2.05) is 67.6 Å². The molecule has 4 aromatic rings. The highest BCUT2D eigenvalue weighted by Crippen LogP contribution is 2.41. The molecule has 5 rings (SSSR count). The van der Waals surface area contributed by atoms with Crippen LogP contribution in [0.25, 0.3) is 22.4 Å². The SMILES string of the molecule is Cc1ccc(-c2noc3nc(C4CC4)cc(C(=O)Nc4ccccc4)c23)cc1. The predicted octanol–water partition coefficient (Wildman–Crippen LogP) is 5.33. The second kappa shape index (κ2) is 6.60. The largest absolute Gasteiger partial charge is 0.335 e. The van der Waals surface area contributed by atoms with Crippen molar-refractivity contribution in [2.24, 2.45) is 0 Å². The Hall–Kier alpha value is -3.47. The number of rotatable bonds is 4. The van der Waals surface area contributed by atoms with Crippen LogP contribution in [0.4, 0.5) is 5.69 Å². The summed E-state index contributed by atoms with van der Waals surface area (Å²) in [7, 11) is 0. The molecule has 0 atom stereocenters. The summed E-state index contributed by atoms with van der Waals surface area (Å²) < 4.78 is 5.55. The van der Waals surface area contributed by atoms with Gasteiger partial charge in [-0.15, -0.1) is 0 Å². The van der Waals surface area contributed by atoms with E-state index in [1.165, 1.54) is 0 Å². The third-order valence-electron chi connectivity index (χ3n) is 5.06. The molecule has 0 aliphatic heterocycles. The van der Waals surface area contributed by atoms with Crippen LogP contribution in [0.1, 0.15) is 40.4 Å². The quantitative estimate of drug-likeness (QED) is 0.528. The van der Waals surface area contributed by atoms with E-state index in [-0.39, 0.29) is 5.91 Å². The van der Waals surface area contributed by atoms with E-state index in [4.69, 9.17) is 4.52 Å². The van der Waals surface area contributed by atoms with Gasteiger partial charge in [0.2, 0.25) is 0 Å². The maximum absolute atomic E-state index is 13.2. The summed E-state index contributed by atoms with van der Waals surface area (Å²) in [6.45, 7) is 2.03. The van der Waals surface area contributed by atoms with E-state index in [1.54, 1.807) is 0 Å². The van der Waals surface area contributed by atoms with Gasteiger partial charge in [0.15, 0.2) is 0 Å². The van der Waals surface area contributed by atoms with Crippen molar-refractivity contribution in [2.75, 3.05) is 5.32 Å². The van der Waals surface area contributed by atoms with E-state index in [2.05, 4.69) is 15.5 Å². The van der Waals surface area contributed by atoms with Gasteiger partial charge < -0.3 is 9.84 Å². The van der Waals surface area contributed by atoms with E-state index in [9.17, 15) is 4.79 Å². The summed E-state index contributed by atoms with van der Waals surface area (Å²) >= 11 is 0. The Morgan fingerprint density at radius 1 is 1.07 bits per heavy atom. The lowest BCUT2D eigenvalue weighted by molar-refractivity contribution is 0.102. The van der Waals surface area contributed by atoms with Crippen molar-refractivity contribution in [3.63, 3.8) is 0 Å². The lowest BCUT2D eigenvalue weighted by Crippen LogP contribution is -2.13. The van der Waals surface area contributed by atoms with Gasteiger partial charge in [-0.1, -0.05) is 53.2 Å². The van der Waals surface area contributed by atoms with Crippen LogP contribution < -0.4 is 5.32 Å². The van der Waals surface area contributed by atoms with Gasteiger partial charge >= 0.3 is 0 Å². The van der Waals surface area contributed by atoms with Gasteiger partial charge in [0, 0.05) is 22.9 Å². The van der Waals surface area contributed by atoms with E-state index in [0.29, 0.717) is 28.3 Å². The number of nitrogens with one attached hydrogen (secondary N) is 1. The third-order valence-corrected chi connectivity index (χ3v) is 5.06. The average Bonchev–Trinajstić information content (AvgIpc) is 3.48. The zero-order valence-corrected chi connectivity index (χ0v) is 15.5. The Morgan fingerprint density at radius 3 is 2.54 bits per heavy atom. The fourth-order valence-corrected chi connectivity index (χ4v) is 3.37. The molecule has 2 heterocycles. The van der Waals surface area contributed by atoms with Crippen LogP contribution in [0, 0.1) is 6.92 Å². The number of benzene rings is 2. The maximum Gasteiger partial charge on any atom is 0.259 e. The minimum Gasteiger partial charge on any atom is -0.335 e. The Kier molecular flexibility index (Phi) is 3.93. The molecule has 2 aromatic heterocycles. The molecule has 5 nitrogen and oxygen atoms in total. The second-order valence-corrected chi connectivity index (χ2v) is 7.27. The molecule has 2 aromatic carbocycles. The molecule has 1 N–H and O–H groups in total. The van der Waals surface area contributed by atoms with Gasteiger partial charge in [0.25, 0.3) is 11.6 Å². The Bertz CT molecular complexity index is 1160. The first kappa shape index (κ1) is 16.7. The molecule has 0 unspecified atom stereocenters. The Labute approximate surface area is 162 Å². The van der Waals surface area contributed by atoms with Crippen molar-refractivity contribution in [3.8, 4) is 11.3 Å². The molecule has 1 aliphatic rings. The number of fused-ring (bicyclic) bond motifs is 1. The third kappa shape index (κ3) is 3.05. The molecule has 1 fully saturated rings. The fraction of sp³-hybridized carbons (Fsp3) is 0.174. The molecule has 0 saturated heterocycles. The predicted molar refractivity (Wildman–Crippen MR) is 108 cm³/mol. The minimum absolute atomic E-state index is 0.183. The van der Waals surface area contributed by atoms with Gasteiger partial charge in [0.05, 0.1) is 10.9 Å². The zero-order chi connectivity index (χ0) is 19.1. The molecule has 28 heavy (non-hydrogen) atoms. The summed E-state index contributed by atoms with van der Waals surface area (Å²) in [6, 6.07) is 19.3. The van der Waals surface area contributed by atoms with Crippen LogP contribution in [-0.4, -0.2) is 16.0 Å². The molecule has 1 aliphatic carbocycles. The van der Waals surface area contributed by atoms with Gasteiger partial charge in [-0.05, 0) is 38.0 Å². The standard InChI is InChI=1S/C23H19N3O2/c1-14-7-9-16(10-8-14)21-20-18(22(27)24-17-5-3-2-4-6-17)13-19(15-11-12-15)25-23(20)28-26-21/h2-10,13,15H,11-12H2,1H3,(H,24,27). The summed E-state index contributed by atoms with van der Waals surface area (Å²) in [6.07, 6.45) is 2.19. The molecule has 0 spiro atoms. The van der Waals surface area contributed by atoms with E-state index < -0.39 is 0 Å². The fourth-order valence-electron chi connectivity index (χ4n) is 3.37. The number of aryl methyl sites for hydroxylation is 1. The summed E-state index contributed by atoms with van der Waals surface area (Å²) in [5, 5.41) is 7.88. The highest BCUT2D eigenvalue weighted by molar-refractivity contribution is 6.14. The van der Waals surface area contributed by atoms with E-state index in [0.717, 1.165) is 35.3 Å². The number of carbonyl (C=O) groups excluding carboxylic acids is 1. The Balaban J connectivity index is 1.65. The molecule has 138 valence electrons. The van der Waals surface area contributed by atoms with Crippen LogP contribution in [0.2, 0.25) is 0 Å². The lowest BCUT2D eigenvalue weighted by Gasteiger charge is -2.08. The molecular formula is C23H19N3O2. The van der Waals surface area contributed by atoms with E-state index >= 15 is 0 Å². The first-order valence-corrected chi connectivity index (χ1v) is 9.43. The highest BCUT2D eigenvalue weighted by atomic mass is 16.5. The van der Waals surface area contributed by atoms with Crippen molar-refractivity contribution in [3.05, 3.63) is 77.5 Å². The zero-order valence-electron chi connectivity index (χ0n) is 15.5. The van der Waals surface area contributed by atoms with Gasteiger partial charge in [0.1, 0.15) is 5.69 Å². The summed E-state index contributed by atoms with van der Waals surface area (Å²) in [5.74, 6) is 0.220. The number of anilines is 1. The number of carbonyl (C=O) groups is 1. The summed E-state index contributed by atoms with van der Waals surface area (Å²) in [5.41, 5.74) is 5.32. The number of para-hydroxylation sites is 1. The number of nitrogens with zero attached hydrogens (tertiary/aromatic N) is 2. The molecule has 1 amide bonds. The van der Waals surface area contributed by atoms with Crippen molar-refractivity contribution in [1.82, 2.24) is 10.1 Å². The second-order valence-electron chi connectivity index (χ2n) is 7.27. The van der Waals surface area contributed by atoms with Crippen molar-refractivity contribution >= 4 is 22.7 Å². The summed E-state index contributed by atoms with van der Waals surface area (Å²) in [4.78, 5) is 17.8. The highest BCUT2D eigenvalue weighted by Gasteiger charge is 2.29. The molecular weight excluding hydrogens is 350 g/mol. The van der Waals surface area contributed by atoms with Crippen LogP contribution in [0.3, 0.4) is 0 Å². The van der Waals surface area contributed by atoms with Crippen LogP contribution >= 0.6 is 0 Å². The maximum atomic E-state index is 13.2. The monoisotopic (exact) mass is 369 g/mol. The molecule has 0 bridgehead atoms. The smallest absolute Gasteiger partial charge is 0.259 e. The Morgan fingerprint density at radius 2 is 1.82 bits per heavy atom. The molecule has 1 saturated carbocycles. The molecule has 0 radical (unpaired) electrons. The molecule has 5 heteroatoms. The first-order chi connectivity index (χ1) is 13.7. The lowest BCUT2D eigenvalue weighted by atomic mass is 10.0. The normalized spacial score (nSPS) is 13.6. The van der Waals surface area contributed by atoms with Crippen molar-refractivity contribution in [1.29, 1.82) is 0 Å². The topological polar surface area (TPSA) is 68.0 Å². The van der Waals surface area contributed by atoms with Crippen molar-refractivity contribution in [2.45, 2.75) is 25.7 Å². The number of amides is 1. The van der Waals surface area contributed by atoms with Crippen molar-refractivity contribution < 1.29 is 9.32 Å². The van der Waals surface area contributed by atoms with Crippen LogP contribution in [-0.2, 0) is 0 Å². The number of hydrogen-bond donors (Lipinski definition) is 1. The van der Waals surface area contributed by atoms with Gasteiger partial charge in [-0.3, -0.25) is 4.79 Å². The van der Waals surface area contributed by atoms with Gasteiger partial charge in [-0.25, -0.2) is 4.98 Å². The number of pyridine rings is 1. The first-order valence-electron chi connectivity index (χ1n) is 9.43. The van der Waals surface area contributed by atoms with Gasteiger partial charge in [-0.2, -0.15) is 0 Å². The van der Waals surface area contributed by atoms with Crippen LogP contribution in [0.5, 0.6) is 0 Å². The average molecular weight is 369 g/mol. The number of aromatic nitrogens is 2.